The maximum absolute atomic E-state index is 12.3. The summed E-state index contributed by atoms with van der Waals surface area (Å²) >= 11 is 6.44. The van der Waals surface area contributed by atoms with Crippen LogP contribution in [0.3, 0.4) is 0 Å². The maximum Gasteiger partial charge on any atom is 0.247 e. The third-order valence-electron chi connectivity index (χ3n) is 7.11. The van der Waals surface area contributed by atoms with Crippen LogP contribution in [0.2, 0.25) is 5.02 Å². The predicted octanol–water partition coefficient (Wildman–Crippen LogP) is 4.60. The Hall–Kier alpha value is -4.07. The van der Waals surface area contributed by atoms with Gasteiger partial charge < -0.3 is 30.5 Å². The molecule has 0 saturated carbocycles. The molecule has 14 heteroatoms. The standard InChI is InChI=1S/C29H37ClN8O4S/c1-7-27(39)32-22-16-23(26(42-5)17-24(22)36(3)13-14-38-11-8-12-38)34-29-31-18-20(30)28(35-29)33-21-10-9-19(2)15-25(21)37(4)43(6,40)41/h7,9-10,15-18H,1,8,11-14H2,2-6H3,(H,32,39)(H2,31,33,34,35). The largest absolute Gasteiger partial charge is 0.494 e. The highest BCUT2D eigenvalue weighted by molar-refractivity contribution is 7.92. The number of anilines is 7. The van der Waals surface area contributed by atoms with Gasteiger partial charge in [-0.25, -0.2) is 13.4 Å². The van der Waals surface area contributed by atoms with E-state index >= 15 is 0 Å². The van der Waals surface area contributed by atoms with Gasteiger partial charge in [0.05, 0.1) is 48.0 Å². The number of methoxy groups -OCH3 is 1. The van der Waals surface area contributed by atoms with Crippen LogP contribution in [-0.2, 0) is 14.8 Å². The van der Waals surface area contributed by atoms with Crippen LogP contribution in [0.25, 0.3) is 0 Å². The maximum atomic E-state index is 12.3. The number of carbonyl (C=O) groups excluding carboxylic acids is 1. The lowest BCUT2D eigenvalue weighted by atomic mass is 10.2. The van der Waals surface area contributed by atoms with E-state index in [4.69, 9.17) is 16.3 Å². The summed E-state index contributed by atoms with van der Waals surface area (Å²) in [6, 6.07) is 8.95. The van der Waals surface area contributed by atoms with Gasteiger partial charge in [-0.3, -0.25) is 9.10 Å². The second-order valence-corrected chi connectivity index (χ2v) is 12.7. The van der Waals surface area contributed by atoms with Gasteiger partial charge in [0.15, 0.2) is 5.82 Å². The van der Waals surface area contributed by atoms with Gasteiger partial charge in [-0.1, -0.05) is 24.2 Å². The number of amides is 1. The lowest BCUT2D eigenvalue weighted by Crippen LogP contribution is -2.42. The number of likely N-dealkylation sites (N-methyl/N-ethyl adjacent to an activating group) is 1. The molecule has 2 aromatic carbocycles. The molecule has 2 heterocycles. The Morgan fingerprint density at radius 2 is 1.88 bits per heavy atom. The van der Waals surface area contributed by atoms with Crippen molar-refractivity contribution in [3.63, 3.8) is 0 Å². The van der Waals surface area contributed by atoms with E-state index in [0.717, 1.165) is 43.7 Å². The molecule has 1 aliphatic rings. The molecular formula is C29H37ClN8O4S. The van der Waals surface area contributed by atoms with Crippen molar-refractivity contribution in [1.29, 1.82) is 0 Å². The van der Waals surface area contributed by atoms with Crippen molar-refractivity contribution in [3.05, 3.63) is 59.8 Å². The normalized spacial score (nSPS) is 13.1. The minimum Gasteiger partial charge on any atom is -0.494 e. The predicted molar refractivity (Wildman–Crippen MR) is 174 cm³/mol. The van der Waals surface area contributed by atoms with Crippen LogP contribution >= 0.6 is 11.6 Å². The van der Waals surface area contributed by atoms with E-state index in [1.54, 1.807) is 25.3 Å². The van der Waals surface area contributed by atoms with Crippen LogP contribution in [0.4, 0.5) is 40.2 Å². The average molecular weight is 629 g/mol. The number of halogens is 1. The molecule has 0 radical (unpaired) electrons. The highest BCUT2D eigenvalue weighted by Crippen LogP contribution is 2.39. The SMILES string of the molecule is C=CC(=O)Nc1cc(Nc2ncc(Cl)c(Nc3ccc(C)cc3N(C)S(C)(=O)=O)n2)c(OC)cc1N(C)CCN1CCC1. The third kappa shape index (κ3) is 7.86. The van der Waals surface area contributed by atoms with E-state index in [2.05, 4.69) is 42.3 Å². The number of aryl methyl sites for hydroxylation is 1. The molecule has 0 unspecified atom stereocenters. The van der Waals surface area contributed by atoms with Gasteiger partial charge >= 0.3 is 0 Å². The molecule has 3 aromatic rings. The first-order chi connectivity index (χ1) is 20.4. The van der Waals surface area contributed by atoms with Gasteiger partial charge in [-0.15, -0.1) is 0 Å². The summed E-state index contributed by atoms with van der Waals surface area (Å²) in [7, 11) is 1.47. The molecule has 0 aliphatic carbocycles. The van der Waals surface area contributed by atoms with Crippen molar-refractivity contribution in [2.24, 2.45) is 0 Å². The second-order valence-electron chi connectivity index (χ2n) is 10.3. The molecule has 1 saturated heterocycles. The van der Waals surface area contributed by atoms with Gasteiger partial charge in [0.1, 0.15) is 10.8 Å². The van der Waals surface area contributed by atoms with Crippen molar-refractivity contribution >= 4 is 67.7 Å². The van der Waals surface area contributed by atoms with Crippen molar-refractivity contribution in [3.8, 4) is 5.75 Å². The summed E-state index contributed by atoms with van der Waals surface area (Å²) in [6.45, 7) is 9.30. The molecule has 12 nitrogen and oxygen atoms in total. The van der Waals surface area contributed by atoms with Crippen LogP contribution in [0.5, 0.6) is 5.75 Å². The van der Waals surface area contributed by atoms with Crippen molar-refractivity contribution in [2.45, 2.75) is 13.3 Å². The molecule has 0 bridgehead atoms. The number of carbonyl (C=O) groups is 1. The summed E-state index contributed by atoms with van der Waals surface area (Å²) < 4.78 is 31.4. The van der Waals surface area contributed by atoms with Gasteiger partial charge in [-0.05, 0) is 56.3 Å². The number of rotatable bonds is 13. The zero-order chi connectivity index (χ0) is 31.3. The quantitative estimate of drug-likeness (QED) is 0.231. The van der Waals surface area contributed by atoms with Crippen LogP contribution in [0.1, 0.15) is 12.0 Å². The minimum atomic E-state index is -3.53. The Balaban J connectivity index is 1.65. The van der Waals surface area contributed by atoms with Crippen molar-refractivity contribution in [1.82, 2.24) is 14.9 Å². The highest BCUT2D eigenvalue weighted by atomic mass is 35.5. The molecule has 43 heavy (non-hydrogen) atoms. The van der Waals surface area contributed by atoms with Crippen LogP contribution in [0, 0.1) is 6.92 Å². The second kappa shape index (κ2) is 13.5. The highest BCUT2D eigenvalue weighted by Gasteiger charge is 2.20. The molecule has 230 valence electrons. The van der Waals surface area contributed by atoms with Gasteiger partial charge in [0, 0.05) is 33.3 Å². The number of ether oxygens (including phenoxy) is 1. The summed E-state index contributed by atoms with van der Waals surface area (Å²) in [4.78, 5) is 25.6. The van der Waals surface area contributed by atoms with Crippen LogP contribution in [0.15, 0.2) is 49.2 Å². The Bertz CT molecular complexity index is 1610. The molecule has 1 aliphatic heterocycles. The molecular weight excluding hydrogens is 592 g/mol. The Morgan fingerprint density at radius 1 is 1.14 bits per heavy atom. The fourth-order valence-corrected chi connectivity index (χ4v) is 5.05. The van der Waals surface area contributed by atoms with Gasteiger partial charge in [0.2, 0.25) is 21.9 Å². The average Bonchev–Trinajstić information content (AvgIpc) is 2.93. The number of aromatic nitrogens is 2. The monoisotopic (exact) mass is 628 g/mol. The number of nitrogens with one attached hydrogen (secondary N) is 3. The van der Waals surface area contributed by atoms with E-state index in [-0.39, 0.29) is 22.7 Å². The lowest BCUT2D eigenvalue weighted by molar-refractivity contribution is -0.111. The third-order valence-corrected chi connectivity index (χ3v) is 8.57. The topological polar surface area (TPSA) is 132 Å². The van der Waals surface area contributed by atoms with E-state index in [1.165, 1.54) is 30.0 Å². The van der Waals surface area contributed by atoms with E-state index in [9.17, 15) is 13.2 Å². The first kappa shape index (κ1) is 31.9. The summed E-state index contributed by atoms with van der Waals surface area (Å²) in [6.07, 6.45) is 4.99. The van der Waals surface area contributed by atoms with Crippen LogP contribution in [-0.4, -0.2) is 82.8 Å². The molecule has 4 rings (SSSR count). The summed E-state index contributed by atoms with van der Waals surface area (Å²) in [5.41, 5.74) is 3.64. The Kier molecular flexibility index (Phi) is 9.99. The number of likely N-dealkylation sites (tertiary alicyclic amines) is 1. The lowest BCUT2D eigenvalue weighted by Gasteiger charge is -2.33. The molecule has 0 atom stereocenters. The number of hydrogen-bond acceptors (Lipinski definition) is 10. The number of benzene rings is 2. The zero-order valence-corrected chi connectivity index (χ0v) is 26.5. The molecule has 1 amide bonds. The zero-order valence-electron chi connectivity index (χ0n) is 24.9. The molecule has 1 fully saturated rings. The van der Waals surface area contributed by atoms with E-state index in [0.29, 0.717) is 28.5 Å². The number of nitrogens with zero attached hydrogens (tertiary/aromatic N) is 5. The van der Waals surface area contributed by atoms with Gasteiger partial charge in [0.25, 0.3) is 0 Å². The Morgan fingerprint density at radius 3 is 2.51 bits per heavy atom. The first-order valence-corrected chi connectivity index (χ1v) is 15.8. The van der Waals surface area contributed by atoms with Crippen molar-refractivity contribution in [2.75, 3.05) is 78.8 Å². The molecule has 0 spiro atoms. The van der Waals surface area contributed by atoms with Gasteiger partial charge in [-0.2, -0.15) is 4.98 Å². The number of sulfonamides is 1. The van der Waals surface area contributed by atoms with Crippen molar-refractivity contribution < 1.29 is 17.9 Å². The number of hydrogen-bond donors (Lipinski definition) is 3. The Labute approximate surface area is 257 Å². The fourth-order valence-electron chi connectivity index (χ4n) is 4.40. The summed E-state index contributed by atoms with van der Waals surface area (Å²) in [5, 5.41) is 9.41. The molecule has 3 N–H and O–H groups in total. The fraction of sp³-hybridized carbons (Fsp3) is 0.345. The first-order valence-electron chi connectivity index (χ1n) is 13.6. The van der Waals surface area contributed by atoms with Crippen LogP contribution < -0.4 is 29.9 Å². The summed E-state index contributed by atoms with van der Waals surface area (Å²) in [5.74, 6) is 0.602. The minimum absolute atomic E-state index is 0.190. The van der Waals surface area contributed by atoms with E-state index < -0.39 is 10.0 Å². The smallest absolute Gasteiger partial charge is 0.247 e. The molecule has 1 aromatic heterocycles. The van der Waals surface area contributed by atoms with E-state index in [1.807, 2.05) is 26.1 Å².